The Hall–Kier alpha value is -2.41. The van der Waals surface area contributed by atoms with E-state index >= 15 is 0 Å². The Labute approximate surface area is 152 Å². The molecule has 1 N–H and O–H groups in total. The van der Waals surface area contributed by atoms with E-state index in [1.165, 1.54) is 12.8 Å². The van der Waals surface area contributed by atoms with Gasteiger partial charge in [-0.2, -0.15) is 4.98 Å². The number of hydrogen-bond acceptors (Lipinski definition) is 5. The maximum absolute atomic E-state index is 12.1. The zero-order valence-electron chi connectivity index (χ0n) is 14.8. The van der Waals surface area contributed by atoms with Crippen LogP contribution >= 0.6 is 0 Å². The van der Waals surface area contributed by atoms with Crippen LogP contribution in [0, 0.1) is 5.92 Å². The normalized spacial score (nSPS) is 17.2. The molecule has 1 saturated carbocycles. The summed E-state index contributed by atoms with van der Waals surface area (Å²) in [5.74, 6) is 2.20. The molecule has 2 fully saturated rings. The lowest BCUT2D eigenvalue weighted by molar-refractivity contribution is 0.125. The van der Waals surface area contributed by atoms with E-state index in [0.717, 1.165) is 18.1 Å². The minimum Gasteiger partial charge on any atom is -0.381 e. The van der Waals surface area contributed by atoms with Gasteiger partial charge in [0.15, 0.2) is 5.82 Å². The molecular weight excluding hydrogens is 332 g/mol. The molecule has 0 bridgehead atoms. The largest absolute Gasteiger partial charge is 0.381 e. The molecule has 138 valence electrons. The number of rotatable bonds is 8. The van der Waals surface area contributed by atoms with Gasteiger partial charge in [-0.3, -0.25) is 0 Å². The average Bonchev–Trinajstić information content (AvgIpc) is 3.34. The van der Waals surface area contributed by atoms with Gasteiger partial charge in [0.2, 0.25) is 5.89 Å². The quantitative estimate of drug-likeness (QED) is 0.735. The van der Waals surface area contributed by atoms with E-state index in [9.17, 15) is 4.79 Å². The highest BCUT2D eigenvalue weighted by atomic mass is 16.5. The second-order valence-electron chi connectivity index (χ2n) is 7.06. The Bertz CT molecular complexity index is 723. The zero-order valence-corrected chi connectivity index (χ0v) is 14.8. The van der Waals surface area contributed by atoms with Crippen molar-refractivity contribution in [3.8, 4) is 0 Å². The number of likely N-dealkylation sites (tertiary alicyclic amines) is 1. The molecule has 2 aromatic rings. The highest BCUT2D eigenvalue weighted by Crippen LogP contribution is 2.29. The Morgan fingerprint density at radius 2 is 2.08 bits per heavy atom. The molecule has 0 spiro atoms. The van der Waals surface area contributed by atoms with Gasteiger partial charge in [-0.25, -0.2) is 4.79 Å². The van der Waals surface area contributed by atoms with E-state index in [1.807, 2.05) is 30.3 Å². The van der Waals surface area contributed by atoms with Crippen molar-refractivity contribution in [3.05, 3.63) is 47.6 Å². The fourth-order valence-corrected chi connectivity index (χ4v) is 2.92. The number of amides is 2. The monoisotopic (exact) mass is 356 g/mol. The number of urea groups is 1. The molecule has 7 nitrogen and oxygen atoms in total. The van der Waals surface area contributed by atoms with Gasteiger partial charge in [0.1, 0.15) is 0 Å². The van der Waals surface area contributed by atoms with Crippen molar-refractivity contribution in [1.29, 1.82) is 0 Å². The summed E-state index contributed by atoms with van der Waals surface area (Å²) in [6.07, 6.45) is 3.26. The van der Waals surface area contributed by atoms with Gasteiger partial charge in [-0.1, -0.05) is 35.5 Å². The van der Waals surface area contributed by atoms with Crippen LogP contribution in [0.4, 0.5) is 4.79 Å². The van der Waals surface area contributed by atoms with Crippen molar-refractivity contribution in [2.75, 3.05) is 26.3 Å². The molecule has 2 heterocycles. The number of hydrogen-bond donors (Lipinski definition) is 1. The molecule has 2 aliphatic rings. The fraction of sp³-hybridized carbons (Fsp3) is 0.526. The molecule has 1 aliphatic carbocycles. The second kappa shape index (κ2) is 7.86. The first-order valence-electron chi connectivity index (χ1n) is 9.25. The van der Waals surface area contributed by atoms with Crippen LogP contribution in [0.5, 0.6) is 0 Å². The Morgan fingerprint density at radius 1 is 1.27 bits per heavy atom. The summed E-state index contributed by atoms with van der Waals surface area (Å²) in [6.45, 7) is 3.24. The first-order chi connectivity index (χ1) is 12.8. The molecule has 0 radical (unpaired) electrons. The zero-order chi connectivity index (χ0) is 17.8. The Balaban J connectivity index is 1.16. The third kappa shape index (κ3) is 4.40. The van der Waals surface area contributed by atoms with Crippen molar-refractivity contribution < 1.29 is 14.1 Å². The average molecular weight is 356 g/mol. The minimum absolute atomic E-state index is 0.0571. The molecule has 0 unspecified atom stereocenters. The third-order valence-corrected chi connectivity index (χ3v) is 4.81. The summed E-state index contributed by atoms with van der Waals surface area (Å²) in [6, 6.07) is 9.82. The molecular formula is C19H24N4O3. The molecule has 1 aliphatic heterocycles. The highest BCUT2D eigenvalue weighted by Gasteiger charge is 2.35. The van der Waals surface area contributed by atoms with E-state index in [-0.39, 0.29) is 11.9 Å². The molecule has 2 amide bonds. The number of aromatic nitrogens is 2. The maximum Gasteiger partial charge on any atom is 0.317 e. The van der Waals surface area contributed by atoms with Crippen molar-refractivity contribution in [1.82, 2.24) is 20.4 Å². The third-order valence-electron chi connectivity index (χ3n) is 4.81. The number of ether oxygens (including phenoxy) is 1. The first-order valence-corrected chi connectivity index (χ1v) is 9.25. The van der Waals surface area contributed by atoms with Crippen LogP contribution in [0.3, 0.4) is 0 Å². The molecule has 1 aromatic carbocycles. The smallest absolute Gasteiger partial charge is 0.317 e. The van der Waals surface area contributed by atoms with Gasteiger partial charge in [0.25, 0.3) is 0 Å². The van der Waals surface area contributed by atoms with E-state index in [4.69, 9.17) is 9.26 Å². The van der Waals surface area contributed by atoms with Crippen LogP contribution < -0.4 is 5.32 Å². The predicted octanol–water partition coefficient (Wildman–Crippen LogP) is 2.35. The number of nitrogens with one attached hydrogen (secondary N) is 1. The molecule has 26 heavy (non-hydrogen) atoms. The van der Waals surface area contributed by atoms with Crippen molar-refractivity contribution in [2.24, 2.45) is 5.92 Å². The number of carbonyl (C=O) groups is 1. The summed E-state index contributed by atoms with van der Waals surface area (Å²) in [4.78, 5) is 18.3. The highest BCUT2D eigenvalue weighted by molar-refractivity contribution is 5.75. The molecule has 4 rings (SSSR count). The first kappa shape index (κ1) is 17.0. The lowest BCUT2D eigenvalue weighted by atomic mass is 10.0. The molecule has 0 atom stereocenters. The maximum atomic E-state index is 12.1. The van der Waals surface area contributed by atoms with Crippen LogP contribution in [0.2, 0.25) is 0 Å². The molecule has 1 aromatic heterocycles. The van der Waals surface area contributed by atoms with Crippen LogP contribution in [0.1, 0.15) is 36.0 Å². The van der Waals surface area contributed by atoms with Crippen LogP contribution in [-0.4, -0.2) is 47.4 Å². The molecule has 1 saturated heterocycles. The summed E-state index contributed by atoms with van der Waals surface area (Å²) >= 11 is 0. The number of nitrogens with zero attached hydrogens (tertiary/aromatic N) is 3. The summed E-state index contributed by atoms with van der Waals surface area (Å²) in [7, 11) is 0. The van der Waals surface area contributed by atoms with Gasteiger partial charge in [-0.05, 0) is 24.3 Å². The minimum atomic E-state index is -0.0571. The van der Waals surface area contributed by atoms with Crippen molar-refractivity contribution in [2.45, 2.75) is 31.7 Å². The van der Waals surface area contributed by atoms with Gasteiger partial charge in [-0.15, -0.1) is 0 Å². The fourth-order valence-electron chi connectivity index (χ4n) is 2.92. The lowest BCUT2D eigenvalue weighted by Crippen LogP contribution is -2.52. The van der Waals surface area contributed by atoms with Gasteiger partial charge >= 0.3 is 6.03 Å². The predicted molar refractivity (Wildman–Crippen MR) is 94.5 cm³/mol. The number of carbonyl (C=O) groups excluding carboxylic acids is 1. The Morgan fingerprint density at radius 3 is 2.85 bits per heavy atom. The second-order valence-corrected chi connectivity index (χ2v) is 7.06. The van der Waals surface area contributed by atoms with E-state index in [0.29, 0.717) is 44.4 Å². The SMILES string of the molecule is O=C(NCc1ccccc1)N1CC(c2nc(CCOCC3CC3)no2)C1. The van der Waals surface area contributed by atoms with Crippen LogP contribution in [0.25, 0.3) is 0 Å². The summed E-state index contributed by atoms with van der Waals surface area (Å²) in [5, 5.41) is 6.94. The van der Waals surface area contributed by atoms with Crippen molar-refractivity contribution in [3.63, 3.8) is 0 Å². The topological polar surface area (TPSA) is 80.5 Å². The summed E-state index contributed by atoms with van der Waals surface area (Å²) in [5.41, 5.74) is 1.09. The lowest BCUT2D eigenvalue weighted by Gasteiger charge is -2.36. The number of benzene rings is 1. The van der Waals surface area contributed by atoms with Crippen molar-refractivity contribution >= 4 is 6.03 Å². The van der Waals surface area contributed by atoms with E-state index in [1.54, 1.807) is 4.90 Å². The van der Waals surface area contributed by atoms with Gasteiger partial charge < -0.3 is 19.5 Å². The van der Waals surface area contributed by atoms with Crippen LogP contribution in [-0.2, 0) is 17.7 Å². The van der Waals surface area contributed by atoms with Gasteiger partial charge in [0, 0.05) is 32.7 Å². The molecule has 7 heteroatoms. The Kier molecular flexibility index (Phi) is 5.15. The van der Waals surface area contributed by atoms with Crippen LogP contribution in [0.15, 0.2) is 34.9 Å². The van der Waals surface area contributed by atoms with Gasteiger partial charge in [0.05, 0.1) is 12.5 Å². The van der Waals surface area contributed by atoms with E-state index in [2.05, 4.69) is 15.5 Å². The summed E-state index contributed by atoms with van der Waals surface area (Å²) < 4.78 is 10.9. The standard InChI is InChI=1S/C19H24N4O3/c24-19(20-10-14-4-2-1-3-5-14)23-11-16(12-23)18-21-17(22-26-18)8-9-25-13-15-6-7-15/h1-5,15-16H,6-13H2,(H,20,24). The van der Waals surface area contributed by atoms with E-state index < -0.39 is 0 Å².